The predicted molar refractivity (Wildman–Crippen MR) is 102 cm³/mol. The molecule has 3 rings (SSSR count). The average Bonchev–Trinajstić information content (AvgIpc) is 2.71. The molecule has 9 heteroatoms. The zero-order valence-electron chi connectivity index (χ0n) is 16.1. The van der Waals surface area contributed by atoms with Gasteiger partial charge in [-0.2, -0.15) is 4.98 Å². The van der Waals surface area contributed by atoms with E-state index in [1.807, 2.05) is 4.90 Å². The maximum Gasteiger partial charge on any atom is 0.251 e. The van der Waals surface area contributed by atoms with E-state index in [1.54, 1.807) is 38.2 Å². The number of nitrogen functional groups attached to an aromatic ring is 1. The Morgan fingerprint density at radius 1 is 1.07 bits per heavy atom. The fourth-order valence-corrected chi connectivity index (χ4v) is 3.09. The van der Waals surface area contributed by atoms with Gasteiger partial charge >= 0.3 is 0 Å². The number of amides is 1. The fraction of sp³-hybridized carbons (Fsp3) is 0.500. The maximum atomic E-state index is 12.2. The second-order valence-corrected chi connectivity index (χ2v) is 6.32. The Hall–Kier alpha value is -2.81. The van der Waals surface area contributed by atoms with Gasteiger partial charge in [0.2, 0.25) is 5.95 Å². The molecule has 1 fully saturated rings. The predicted octanol–water partition coefficient (Wildman–Crippen LogP) is 0.913. The summed E-state index contributed by atoms with van der Waals surface area (Å²) < 4.78 is 15.8. The van der Waals surface area contributed by atoms with Crippen molar-refractivity contribution < 1.29 is 19.0 Å². The summed E-state index contributed by atoms with van der Waals surface area (Å²) in [6, 6.07) is 3.56. The van der Waals surface area contributed by atoms with Crippen LogP contribution >= 0.6 is 0 Å². The number of piperazine rings is 1. The van der Waals surface area contributed by atoms with Crippen molar-refractivity contribution in [3.63, 3.8) is 0 Å². The summed E-state index contributed by atoms with van der Waals surface area (Å²) in [5.74, 6) is 2.07. The topological polar surface area (TPSA) is 103 Å². The van der Waals surface area contributed by atoms with Crippen LogP contribution in [0.25, 0.3) is 10.9 Å². The van der Waals surface area contributed by atoms with Gasteiger partial charge in [0.05, 0.1) is 19.7 Å². The first-order valence-corrected chi connectivity index (χ1v) is 8.74. The Balaban J connectivity index is 1.83. The summed E-state index contributed by atoms with van der Waals surface area (Å²) in [4.78, 5) is 25.1. The zero-order valence-corrected chi connectivity index (χ0v) is 16.1. The lowest BCUT2D eigenvalue weighted by Crippen LogP contribution is -2.51. The number of nitrogens with two attached hydrogens (primary N) is 1. The highest BCUT2D eigenvalue weighted by atomic mass is 16.5. The number of hydrogen-bond donors (Lipinski definition) is 1. The van der Waals surface area contributed by atoms with Gasteiger partial charge in [0.25, 0.3) is 5.91 Å². The highest BCUT2D eigenvalue weighted by Gasteiger charge is 2.26. The van der Waals surface area contributed by atoms with E-state index in [-0.39, 0.29) is 5.91 Å². The van der Waals surface area contributed by atoms with Crippen molar-refractivity contribution in [1.82, 2.24) is 14.9 Å². The van der Waals surface area contributed by atoms with E-state index in [9.17, 15) is 4.79 Å². The highest BCUT2D eigenvalue weighted by molar-refractivity contribution is 5.91. The van der Waals surface area contributed by atoms with Crippen molar-refractivity contribution in [3.05, 3.63) is 12.1 Å². The molecule has 0 saturated carbocycles. The minimum Gasteiger partial charge on any atom is -0.493 e. The van der Waals surface area contributed by atoms with Gasteiger partial charge in [0, 0.05) is 44.7 Å². The van der Waals surface area contributed by atoms with E-state index in [2.05, 4.69) is 9.97 Å². The molecule has 0 aliphatic carbocycles. The lowest BCUT2D eigenvalue weighted by atomic mass is 10.2. The van der Waals surface area contributed by atoms with Crippen molar-refractivity contribution in [2.45, 2.75) is 13.0 Å². The molecule has 1 aliphatic rings. The molecule has 27 heavy (non-hydrogen) atoms. The fourth-order valence-electron chi connectivity index (χ4n) is 3.09. The third-order valence-electron chi connectivity index (χ3n) is 4.79. The van der Waals surface area contributed by atoms with Crippen LogP contribution in [-0.2, 0) is 9.53 Å². The maximum absolute atomic E-state index is 12.2. The lowest BCUT2D eigenvalue weighted by Gasteiger charge is -2.35. The Morgan fingerprint density at radius 2 is 1.70 bits per heavy atom. The molecule has 2 N–H and O–H groups in total. The molecule has 1 amide bonds. The first-order valence-electron chi connectivity index (χ1n) is 8.74. The minimum atomic E-state index is -0.438. The van der Waals surface area contributed by atoms with Gasteiger partial charge in [0.1, 0.15) is 11.9 Å². The Kier molecular flexibility index (Phi) is 5.50. The van der Waals surface area contributed by atoms with E-state index < -0.39 is 6.10 Å². The van der Waals surface area contributed by atoms with E-state index in [0.717, 1.165) is 0 Å². The van der Waals surface area contributed by atoms with Crippen molar-refractivity contribution in [2.24, 2.45) is 0 Å². The van der Waals surface area contributed by atoms with Gasteiger partial charge in [-0.1, -0.05) is 0 Å². The summed E-state index contributed by atoms with van der Waals surface area (Å²) in [5.41, 5.74) is 6.84. The van der Waals surface area contributed by atoms with E-state index in [4.69, 9.17) is 19.9 Å². The van der Waals surface area contributed by atoms with Crippen molar-refractivity contribution >= 4 is 28.6 Å². The van der Waals surface area contributed by atoms with E-state index in [0.29, 0.717) is 60.3 Å². The summed E-state index contributed by atoms with van der Waals surface area (Å²) in [7, 11) is 4.68. The van der Waals surface area contributed by atoms with E-state index >= 15 is 0 Å². The van der Waals surface area contributed by atoms with Crippen LogP contribution in [0.15, 0.2) is 12.1 Å². The summed E-state index contributed by atoms with van der Waals surface area (Å²) >= 11 is 0. The second-order valence-electron chi connectivity index (χ2n) is 6.32. The minimum absolute atomic E-state index is 0.00655. The Bertz CT molecular complexity index is 836. The highest BCUT2D eigenvalue weighted by Crippen LogP contribution is 2.34. The van der Waals surface area contributed by atoms with Crippen LogP contribution in [0, 0.1) is 0 Å². The average molecular weight is 375 g/mol. The van der Waals surface area contributed by atoms with Gasteiger partial charge in [0.15, 0.2) is 11.5 Å². The summed E-state index contributed by atoms with van der Waals surface area (Å²) in [6.07, 6.45) is -0.438. The second kappa shape index (κ2) is 7.83. The molecule has 0 bridgehead atoms. The van der Waals surface area contributed by atoms with E-state index in [1.165, 1.54) is 7.11 Å². The number of fused-ring (bicyclic) bond motifs is 1. The van der Waals surface area contributed by atoms with Gasteiger partial charge < -0.3 is 29.7 Å². The van der Waals surface area contributed by atoms with Crippen molar-refractivity contribution in [1.29, 1.82) is 0 Å². The number of nitrogens with zero attached hydrogens (tertiary/aromatic N) is 4. The molecule has 9 nitrogen and oxygen atoms in total. The quantitative estimate of drug-likeness (QED) is 0.823. The lowest BCUT2D eigenvalue weighted by molar-refractivity contribution is -0.141. The normalized spacial score (nSPS) is 15.7. The van der Waals surface area contributed by atoms with Crippen LogP contribution in [-0.4, -0.2) is 74.4 Å². The first-order chi connectivity index (χ1) is 13.0. The number of anilines is 2. The molecule has 0 spiro atoms. The summed E-state index contributed by atoms with van der Waals surface area (Å²) in [6.45, 7) is 4.17. The monoisotopic (exact) mass is 375 g/mol. The standard InChI is InChI=1S/C18H25N5O4/c1-11(25-2)17(24)22-5-7-23(8-6-22)18-20-13-10-15(27-4)14(26-3)9-12(13)16(19)21-18/h9-11H,5-8H2,1-4H3,(H2,19,20,21)/t11-/m1/s1. The van der Waals surface area contributed by atoms with Gasteiger partial charge in [-0.05, 0) is 13.0 Å². The Morgan fingerprint density at radius 3 is 2.30 bits per heavy atom. The number of benzene rings is 1. The molecule has 1 atom stereocenters. The zero-order chi connectivity index (χ0) is 19.6. The van der Waals surface area contributed by atoms with Crippen LogP contribution in [0.2, 0.25) is 0 Å². The van der Waals surface area contributed by atoms with Gasteiger partial charge in [-0.25, -0.2) is 4.98 Å². The number of hydrogen-bond acceptors (Lipinski definition) is 8. The Labute approximate surface area is 158 Å². The molecule has 0 unspecified atom stereocenters. The number of ether oxygens (including phenoxy) is 3. The van der Waals surface area contributed by atoms with Crippen molar-refractivity contribution in [2.75, 3.05) is 58.1 Å². The molecule has 146 valence electrons. The van der Waals surface area contributed by atoms with Crippen LogP contribution in [0.5, 0.6) is 11.5 Å². The van der Waals surface area contributed by atoms with Crippen molar-refractivity contribution in [3.8, 4) is 11.5 Å². The van der Waals surface area contributed by atoms with Crippen LogP contribution in [0.4, 0.5) is 11.8 Å². The molecule has 2 heterocycles. The third-order valence-corrected chi connectivity index (χ3v) is 4.79. The molecular formula is C18H25N5O4. The largest absolute Gasteiger partial charge is 0.493 e. The molecule has 1 aliphatic heterocycles. The van der Waals surface area contributed by atoms with Crippen LogP contribution < -0.4 is 20.1 Å². The summed E-state index contributed by atoms with van der Waals surface area (Å²) in [5, 5.41) is 0.708. The number of aromatic nitrogens is 2. The van der Waals surface area contributed by atoms with Gasteiger partial charge in [-0.15, -0.1) is 0 Å². The smallest absolute Gasteiger partial charge is 0.251 e. The number of carbonyl (C=O) groups is 1. The molecule has 2 aromatic rings. The third kappa shape index (κ3) is 3.68. The van der Waals surface area contributed by atoms with Crippen LogP contribution in [0.1, 0.15) is 6.92 Å². The number of rotatable bonds is 5. The number of methoxy groups -OCH3 is 3. The molecule has 1 aromatic heterocycles. The number of carbonyl (C=O) groups excluding carboxylic acids is 1. The molecular weight excluding hydrogens is 350 g/mol. The SMILES string of the molecule is COc1cc2nc(N3CCN(C(=O)[C@@H](C)OC)CC3)nc(N)c2cc1OC. The molecule has 1 saturated heterocycles. The molecule has 0 radical (unpaired) electrons. The first kappa shape index (κ1) is 19.0. The van der Waals surface area contributed by atoms with Gasteiger partial charge in [-0.3, -0.25) is 4.79 Å². The van der Waals surface area contributed by atoms with Crippen LogP contribution in [0.3, 0.4) is 0 Å². The molecule has 1 aromatic carbocycles.